The molecule has 0 saturated heterocycles. The van der Waals surface area contributed by atoms with E-state index in [1.54, 1.807) is 12.3 Å². The van der Waals surface area contributed by atoms with Crippen molar-refractivity contribution in [3.8, 4) is 11.1 Å². The quantitative estimate of drug-likeness (QED) is 0.140. The van der Waals surface area contributed by atoms with E-state index in [9.17, 15) is 22.4 Å². The van der Waals surface area contributed by atoms with Gasteiger partial charge in [-0.1, -0.05) is 12.1 Å². The number of fused-ring (bicyclic) bond motifs is 4. The minimum Gasteiger partial charge on any atom is -0.369 e. The molecule has 0 radical (unpaired) electrons. The molecule has 5 rings (SSSR count). The summed E-state index contributed by atoms with van der Waals surface area (Å²) in [5.41, 5.74) is -1.79. The maximum absolute atomic E-state index is 15.3. The van der Waals surface area contributed by atoms with Crippen molar-refractivity contribution >= 4 is 41.0 Å². The van der Waals surface area contributed by atoms with E-state index < -0.39 is 40.3 Å². The van der Waals surface area contributed by atoms with Gasteiger partial charge in [0.05, 0.1) is 16.7 Å². The van der Waals surface area contributed by atoms with Gasteiger partial charge in [0.15, 0.2) is 0 Å². The molecule has 4 N–H and O–H groups in total. The average molecular weight is 615 g/mol. The zero-order valence-corrected chi connectivity index (χ0v) is 23.9. The first kappa shape index (κ1) is 30.2. The van der Waals surface area contributed by atoms with Gasteiger partial charge in [0.2, 0.25) is 11.9 Å². The highest BCUT2D eigenvalue weighted by Crippen LogP contribution is 2.36. The van der Waals surface area contributed by atoms with Gasteiger partial charge < -0.3 is 16.0 Å². The van der Waals surface area contributed by atoms with Crippen LogP contribution in [0, 0.1) is 11.6 Å². The minimum absolute atomic E-state index is 0.218. The topological polar surface area (TPSA) is 91.0 Å². The molecule has 0 fully saturated rings. The Morgan fingerprint density at radius 3 is 2.56 bits per heavy atom. The summed E-state index contributed by atoms with van der Waals surface area (Å²) in [5, 5.41) is 8.84. The van der Waals surface area contributed by atoms with Crippen molar-refractivity contribution in [2.24, 2.45) is 0 Å². The third-order valence-corrected chi connectivity index (χ3v) is 7.72. The summed E-state index contributed by atoms with van der Waals surface area (Å²) >= 11 is 1.52. The fourth-order valence-corrected chi connectivity index (χ4v) is 5.17. The SMILES string of the molecule is CC(C)(C(=O)Nc1ccc(-c2cnc3nc2NCCCNSc2cccc(c2)N3)cc1F)c1cc(C(F)(F)F)ccc1F. The molecule has 0 aliphatic carbocycles. The van der Waals surface area contributed by atoms with Crippen molar-refractivity contribution < 1.29 is 26.7 Å². The second-order valence-electron chi connectivity index (χ2n) is 10.4. The van der Waals surface area contributed by atoms with Crippen molar-refractivity contribution in [1.82, 2.24) is 14.7 Å². The lowest BCUT2D eigenvalue weighted by atomic mass is 9.82. The van der Waals surface area contributed by atoms with Crippen LogP contribution in [-0.2, 0) is 16.4 Å². The van der Waals surface area contributed by atoms with Gasteiger partial charge in [0.1, 0.15) is 17.5 Å². The van der Waals surface area contributed by atoms with Crippen LogP contribution >= 0.6 is 11.9 Å². The minimum atomic E-state index is -4.72. The molecule has 13 heteroatoms. The van der Waals surface area contributed by atoms with Gasteiger partial charge in [0, 0.05) is 41.0 Å². The molecule has 1 aliphatic heterocycles. The van der Waals surface area contributed by atoms with Crippen LogP contribution in [0.25, 0.3) is 11.1 Å². The Balaban J connectivity index is 1.40. The Morgan fingerprint density at radius 2 is 1.79 bits per heavy atom. The van der Waals surface area contributed by atoms with Crippen LogP contribution in [0.2, 0.25) is 0 Å². The molecule has 0 unspecified atom stereocenters. The highest BCUT2D eigenvalue weighted by atomic mass is 32.2. The number of carbonyl (C=O) groups is 1. The van der Waals surface area contributed by atoms with E-state index in [2.05, 4.69) is 30.6 Å². The lowest BCUT2D eigenvalue weighted by Gasteiger charge is -2.26. The number of rotatable bonds is 4. The number of hydrogen-bond acceptors (Lipinski definition) is 7. The monoisotopic (exact) mass is 614 g/mol. The lowest BCUT2D eigenvalue weighted by molar-refractivity contribution is -0.137. The predicted octanol–water partition coefficient (Wildman–Crippen LogP) is 7.51. The molecule has 4 aromatic rings. The molecular weight excluding hydrogens is 587 g/mol. The Bertz CT molecular complexity index is 1660. The highest BCUT2D eigenvalue weighted by molar-refractivity contribution is 7.97. The second kappa shape index (κ2) is 12.2. The van der Waals surface area contributed by atoms with Gasteiger partial charge in [0.25, 0.3) is 0 Å². The molecule has 0 atom stereocenters. The van der Waals surface area contributed by atoms with E-state index >= 15 is 4.39 Å². The van der Waals surface area contributed by atoms with Crippen molar-refractivity contribution in [3.63, 3.8) is 0 Å². The summed E-state index contributed by atoms with van der Waals surface area (Å²) in [7, 11) is 0. The van der Waals surface area contributed by atoms with Gasteiger partial charge >= 0.3 is 6.18 Å². The second-order valence-corrected chi connectivity index (χ2v) is 11.3. The van der Waals surface area contributed by atoms with Crippen LogP contribution < -0.4 is 20.7 Å². The Morgan fingerprint density at radius 1 is 0.977 bits per heavy atom. The number of aromatic nitrogens is 2. The van der Waals surface area contributed by atoms with Crippen molar-refractivity contribution in [2.75, 3.05) is 29.0 Å². The highest BCUT2D eigenvalue weighted by Gasteiger charge is 2.37. The first-order valence-corrected chi connectivity index (χ1v) is 14.1. The Hall–Kier alpha value is -4.23. The zero-order valence-electron chi connectivity index (χ0n) is 23.1. The van der Waals surface area contributed by atoms with Crippen molar-refractivity contribution in [3.05, 3.63) is 89.6 Å². The predicted molar refractivity (Wildman–Crippen MR) is 157 cm³/mol. The molecule has 43 heavy (non-hydrogen) atoms. The summed E-state index contributed by atoms with van der Waals surface area (Å²) < 4.78 is 72.9. The van der Waals surface area contributed by atoms with E-state index in [0.717, 1.165) is 23.5 Å². The fraction of sp³-hybridized carbons (Fsp3) is 0.233. The van der Waals surface area contributed by atoms with Gasteiger partial charge in [-0.2, -0.15) is 18.2 Å². The first-order chi connectivity index (χ1) is 20.4. The normalized spacial score (nSPS) is 13.9. The van der Waals surface area contributed by atoms with E-state index in [1.165, 1.54) is 37.9 Å². The van der Waals surface area contributed by atoms with Crippen molar-refractivity contribution in [2.45, 2.75) is 36.8 Å². The molecule has 224 valence electrons. The molecule has 2 heterocycles. The lowest BCUT2D eigenvalue weighted by Crippen LogP contribution is -2.36. The maximum Gasteiger partial charge on any atom is 0.416 e. The third kappa shape index (κ3) is 6.89. The summed E-state index contributed by atoms with van der Waals surface area (Å²) in [5.74, 6) is -1.85. The van der Waals surface area contributed by atoms with Crippen molar-refractivity contribution in [1.29, 1.82) is 0 Å². The number of nitrogens with zero attached hydrogens (tertiary/aromatic N) is 2. The number of carbonyl (C=O) groups excluding carboxylic acids is 1. The number of alkyl halides is 3. The van der Waals surface area contributed by atoms with Crippen LogP contribution in [0.1, 0.15) is 31.4 Å². The van der Waals surface area contributed by atoms with Gasteiger partial charge in [-0.25, -0.2) is 13.8 Å². The van der Waals surface area contributed by atoms with Gasteiger partial charge in [-0.3, -0.25) is 9.52 Å². The molecule has 7 nitrogen and oxygen atoms in total. The maximum atomic E-state index is 15.3. The van der Waals surface area contributed by atoms with Crippen LogP contribution in [0.15, 0.2) is 71.8 Å². The molecule has 4 bridgehead atoms. The van der Waals surface area contributed by atoms with Crippen LogP contribution in [0.5, 0.6) is 0 Å². The summed E-state index contributed by atoms with van der Waals surface area (Å²) in [6.45, 7) is 3.84. The standard InChI is InChI=1S/C30H27F5N6OS/c1-29(2,22-14-18(30(33,34)35)8-9-23(22)31)27(42)40-25-10-7-17(13-24(25)32)21-16-37-28-39-19-5-3-6-20(15-19)43-38-12-4-11-36-26(21)41-28/h3,5-10,13-16,38H,4,11-12H2,1-2H3,(H,40,42)(H2,36,37,39,41). The number of anilines is 4. The molecule has 3 aromatic carbocycles. The number of hydrogen-bond donors (Lipinski definition) is 4. The van der Waals surface area contributed by atoms with E-state index in [1.807, 2.05) is 24.3 Å². The van der Waals surface area contributed by atoms with Crippen LogP contribution in [-0.4, -0.2) is 29.0 Å². The molecule has 1 amide bonds. The summed E-state index contributed by atoms with van der Waals surface area (Å²) in [4.78, 5) is 23.1. The Kier molecular flexibility index (Phi) is 8.56. The van der Waals surface area contributed by atoms with Gasteiger partial charge in [-0.15, -0.1) is 0 Å². The van der Waals surface area contributed by atoms with E-state index in [-0.39, 0.29) is 5.69 Å². The molecule has 1 aliphatic rings. The molecule has 0 saturated carbocycles. The van der Waals surface area contributed by atoms with Crippen LogP contribution in [0.3, 0.4) is 0 Å². The number of benzene rings is 3. The summed E-state index contributed by atoms with van der Waals surface area (Å²) in [6.07, 6.45) is -2.39. The number of nitrogens with one attached hydrogen (secondary N) is 4. The molecule has 0 spiro atoms. The summed E-state index contributed by atoms with van der Waals surface area (Å²) in [6, 6.07) is 13.7. The van der Waals surface area contributed by atoms with Crippen LogP contribution in [0.4, 0.5) is 45.1 Å². The third-order valence-electron chi connectivity index (χ3n) is 6.88. The number of amides is 1. The first-order valence-electron chi connectivity index (χ1n) is 13.3. The largest absolute Gasteiger partial charge is 0.416 e. The molecular formula is C30H27F5N6OS. The fourth-order valence-electron chi connectivity index (χ4n) is 4.42. The zero-order chi connectivity index (χ0) is 30.8. The Labute approximate surface area is 248 Å². The van der Waals surface area contributed by atoms with Gasteiger partial charge in [-0.05, 0) is 86.3 Å². The average Bonchev–Trinajstić information content (AvgIpc) is 2.96. The van der Waals surface area contributed by atoms with E-state index in [4.69, 9.17) is 0 Å². The van der Waals surface area contributed by atoms with E-state index in [0.29, 0.717) is 47.6 Å². The smallest absolute Gasteiger partial charge is 0.369 e. The number of halogens is 5. The molecule has 1 aromatic heterocycles.